The Balaban J connectivity index is 1.83. The van der Waals surface area contributed by atoms with Crippen LogP contribution in [0.5, 0.6) is 0 Å². The van der Waals surface area contributed by atoms with E-state index in [0.29, 0.717) is 25.0 Å². The monoisotopic (exact) mass is 247 g/mol. The van der Waals surface area contributed by atoms with Crippen molar-refractivity contribution in [1.29, 1.82) is 0 Å². The second-order valence-corrected chi connectivity index (χ2v) is 4.97. The predicted octanol–water partition coefficient (Wildman–Crippen LogP) is 1.29. The van der Waals surface area contributed by atoms with Gasteiger partial charge in [-0.2, -0.15) is 0 Å². The summed E-state index contributed by atoms with van der Waals surface area (Å²) in [6, 6.07) is 9.86. The zero-order valence-corrected chi connectivity index (χ0v) is 10.8. The summed E-state index contributed by atoms with van der Waals surface area (Å²) in [6.45, 7) is 1.02. The van der Waals surface area contributed by atoms with Crippen molar-refractivity contribution >= 4 is 11.6 Å². The molecule has 0 aliphatic heterocycles. The van der Waals surface area contributed by atoms with Gasteiger partial charge >= 0.3 is 0 Å². The van der Waals surface area contributed by atoms with Crippen LogP contribution in [0.2, 0.25) is 0 Å². The van der Waals surface area contributed by atoms with Crippen LogP contribution in [-0.2, 0) is 4.79 Å². The largest absolute Gasteiger partial charge is 0.329 e. The number of para-hydroxylation sites is 1. The van der Waals surface area contributed by atoms with Crippen LogP contribution in [0.3, 0.4) is 0 Å². The van der Waals surface area contributed by atoms with E-state index in [1.54, 1.807) is 0 Å². The van der Waals surface area contributed by atoms with E-state index in [-0.39, 0.29) is 5.91 Å². The summed E-state index contributed by atoms with van der Waals surface area (Å²) in [7, 11) is 1.97. The highest BCUT2D eigenvalue weighted by Gasteiger charge is 2.33. The van der Waals surface area contributed by atoms with Gasteiger partial charge in [0, 0.05) is 18.3 Å². The number of amides is 1. The lowest BCUT2D eigenvalue weighted by Crippen LogP contribution is -2.43. The van der Waals surface area contributed by atoms with E-state index in [0.717, 1.165) is 5.69 Å². The lowest BCUT2D eigenvalue weighted by atomic mass is 10.1. The van der Waals surface area contributed by atoms with Gasteiger partial charge in [0.2, 0.25) is 5.91 Å². The molecule has 1 aromatic carbocycles. The van der Waals surface area contributed by atoms with Crippen LogP contribution < -0.4 is 11.1 Å². The smallest absolute Gasteiger partial charge is 0.238 e. The Bertz CT molecular complexity index is 389. The molecule has 0 radical (unpaired) electrons. The molecule has 3 N–H and O–H groups in total. The lowest BCUT2D eigenvalue weighted by molar-refractivity contribution is -0.117. The number of carbonyl (C=O) groups excluding carboxylic acids is 1. The molecule has 1 aliphatic carbocycles. The molecule has 1 amide bonds. The summed E-state index contributed by atoms with van der Waals surface area (Å²) in [5, 5.41) is 2.89. The number of nitrogens with zero attached hydrogens (tertiary/aromatic N) is 1. The maximum absolute atomic E-state index is 11.9. The minimum atomic E-state index is 0.0165. The van der Waals surface area contributed by atoms with Gasteiger partial charge in [0.15, 0.2) is 0 Å². The first kappa shape index (κ1) is 13.1. The predicted molar refractivity (Wildman–Crippen MR) is 73.3 cm³/mol. The van der Waals surface area contributed by atoms with Crippen molar-refractivity contribution in [1.82, 2.24) is 4.90 Å². The van der Waals surface area contributed by atoms with Gasteiger partial charge in [0.05, 0.1) is 6.54 Å². The standard InChI is InChI=1S/C14H21N3O/c1-17(13(9-15)11-7-8-11)10-14(18)16-12-5-3-2-4-6-12/h2-6,11,13H,7-10,15H2,1H3,(H,16,18). The van der Waals surface area contributed by atoms with Crippen LogP contribution in [0, 0.1) is 5.92 Å². The highest BCUT2D eigenvalue weighted by Crippen LogP contribution is 2.34. The van der Waals surface area contributed by atoms with Crippen molar-refractivity contribution in [2.45, 2.75) is 18.9 Å². The fourth-order valence-corrected chi connectivity index (χ4v) is 2.28. The molecule has 1 fully saturated rings. The molecule has 0 bridgehead atoms. The van der Waals surface area contributed by atoms with Gasteiger partial charge in [-0.3, -0.25) is 9.69 Å². The molecule has 1 unspecified atom stereocenters. The normalized spacial score (nSPS) is 16.6. The molecule has 4 nitrogen and oxygen atoms in total. The number of anilines is 1. The van der Waals surface area contributed by atoms with E-state index in [1.807, 2.05) is 37.4 Å². The number of nitrogens with one attached hydrogen (secondary N) is 1. The van der Waals surface area contributed by atoms with Gasteiger partial charge in [-0.1, -0.05) is 18.2 Å². The van der Waals surface area contributed by atoms with E-state index in [9.17, 15) is 4.79 Å². The SMILES string of the molecule is CN(CC(=O)Nc1ccccc1)C(CN)C1CC1. The highest BCUT2D eigenvalue weighted by molar-refractivity contribution is 5.92. The zero-order valence-electron chi connectivity index (χ0n) is 10.8. The topological polar surface area (TPSA) is 58.4 Å². The number of rotatable bonds is 6. The fourth-order valence-electron chi connectivity index (χ4n) is 2.28. The van der Waals surface area contributed by atoms with Crippen molar-refractivity contribution in [2.75, 3.05) is 25.5 Å². The second kappa shape index (κ2) is 5.98. The Kier molecular flexibility index (Phi) is 4.33. The Morgan fingerprint density at radius 2 is 2.11 bits per heavy atom. The Morgan fingerprint density at radius 1 is 1.44 bits per heavy atom. The molecule has 0 saturated heterocycles. The fraction of sp³-hybridized carbons (Fsp3) is 0.500. The van der Waals surface area contributed by atoms with E-state index >= 15 is 0 Å². The van der Waals surface area contributed by atoms with Crippen LogP contribution in [0.25, 0.3) is 0 Å². The Labute approximate surface area is 108 Å². The molecule has 18 heavy (non-hydrogen) atoms. The molecule has 1 aromatic rings. The minimum absolute atomic E-state index is 0.0165. The average molecular weight is 247 g/mol. The average Bonchev–Trinajstić information content (AvgIpc) is 3.15. The molecule has 1 saturated carbocycles. The van der Waals surface area contributed by atoms with Gasteiger partial charge in [0.1, 0.15) is 0 Å². The third kappa shape index (κ3) is 3.55. The van der Waals surface area contributed by atoms with E-state index in [1.165, 1.54) is 12.8 Å². The van der Waals surface area contributed by atoms with Crippen LogP contribution in [0.4, 0.5) is 5.69 Å². The molecule has 2 rings (SSSR count). The number of benzene rings is 1. The molecular weight excluding hydrogens is 226 g/mol. The maximum atomic E-state index is 11.9. The first-order valence-electron chi connectivity index (χ1n) is 6.46. The van der Waals surface area contributed by atoms with E-state index in [2.05, 4.69) is 10.2 Å². The summed E-state index contributed by atoms with van der Waals surface area (Å²) >= 11 is 0. The molecular formula is C14H21N3O. The van der Waals surface area contributed by atoms with Gasteiger partial charge in [-0.25, -0.2) is 0 Å². The Morgan fingerprint density at radius 3 is 2.67 bits per heavy atom. The number of hydrogen-bond donors (Lipinski definition) is 2. The van der Waals surface area contributed by atoms with Crippen LogP contribution in [0.15, 0.2) is 30.3 Å². The Hall–Kier alpha value is -1.39. The van der Waals surface area contributed by atoms with Crippen LogP contribution in [0.1, 0.15) is 12.8 Å². The molecule has 1 aliphatic rings. The van der Waals surface area contributed by atoms with Gasteiger partial charge in [-0.15, -0.1) is 0 Å². The van der Waals surface area contributed by atoms with E-state index in [4.69, 9.17) is 5.73 Å². The second-order valence-electron chi connectivity index (χ2n) is 4.97. The summed E-state index contributed by atoms with van der Waals surface area (Å²) in [5.74, 6) is 0.701. The third-order valence-electron chi connectivity index (χ3n) is 3.42. The van der Waals surface area contributed by atoms with Crippen molar-refractivity contribution in [3.05, 3.63) is 30.3 Å². The van der Waals surface area contributed by atoms with Gasteiger partial charge in [-0.05, 0) is 37.9 Å². The number of likely N-dealkylation sites (N-methyl/N-ethyl adjacent to an activating group) is 1. The van der Waals surface area contributed by atoms with Gasteiger partial charge in [0.25, 0.3) is 0 Å². The molecule has 4 heteroatoms. The summed E-state index contributed by atoms with van der Waals surface area (Å²) in [6.07, 6.45) is 2.49. The van der Waals surface area contributed by atoms with Crippen molar-refractivity contribution in [3.63, 3.8) is 0 Å². The van der Waals surface area contributed by atoms with Crippen molar-refractivity contribution in [3.8, 4) is 0 Å². The lowest BCUT2D eigenvalue weighted by Gasteiger charge is -2.26. The van der Waals surface area contributed by atoms with Crippen molar-refractivity contribution < 1.29 is 4.79 Å². The first-order chi connectivity index (χ1) is 8.70. The van der Waals surface area contributed by atoms with Crippen LogP contribution >= 0.6 is 0 Å². The molecule has 0 spiro atoms. The minimum Gasteiger partial charge on any atom is -0.329 e. The summed E-state index contributed by atoms with van der Waals surface area (Å²) < 4.78 is 0. The highest BCUT2D eigenvalue weighted by atomic mass is 16.2. The van der Waals surface area contributed by atoms with E-state index < -0.39 is 0 Å². The van der Waals surface area contributed by atoms with Gasteiger partial charge < -0.3 is 11.1 Å². The summed E-state index contributed by atoms with van der Waals surface area (Å²) in [5.41, 5.74) is 6.61. The first-order valence-corrected chi connectivity index (χ1v) is 6.46. The molecule has 0 heterocycles. The van der Waals surface area contributed by atoms with Crippen LogP contribution in [-0.4, -0.2) is 37.0 Å². The molecule has 0 aromatic heterocycles. The number of carbonyl (C=O) groups is 1. The summed E-state index contributed by atoms with van der Waals surface area (Å²) in [4.78, 5) is 14.0. The number of nitrogens with two attached hydrogens (primary N) is 1. The zero-order chi connectivity index (χ0) is 13.0. The molecule has 1 atom stereocenters. The molecule has 98 valence electrons. The quantitative estimate of drug-likeness (QED) is 0.796. The maximum Gasteiger partial charge on any atom is 0.238 e. The number of hydrogen-bond acceptors (Lipinski definition) is 3. The third-order valence-corrected chi connectivity index (χ3v) is 3.42. The van der Waals surface area contributed by atoms with Crippen molar-refractivity contribution in [2.24, 2.45) is 11.7 Å².